The summed E-state index contributed by atoms with van der Waals surface area (Å²) in [6.07, 6.45) is 2.87. The summed E-state index contributed by atoms with van der Waals surface area (Å²) in [6, 6.07) is -0.128. The highest BCUT2D eigenvalue weighted by atomic mass is 16.5. The number of morpholine rings is 1. The maximum atomic E-state index is 12.0. The van der Waals surface area contributed by atoms with Crippen molar-refractivity contribution in [3.8, 4) is 0 Å². The van der Waals surface area contributed by atoms with Crippen LogP contribution in [0.25, 0.3) is 0 Å². The number of aromatic nitrogens is 2. The van der Waals surface area contributed by atoms with Gasteiger partial charge < -0.3 is 30.3 Å². The summed E-state index contributed by atoms with van der Waals surface area (Å²) in [5.74, 6) is 0.594. The summed E-state index contributed by atoms with van der Waals surface area (Å²) in [7, 11) is 0. The number of hydrogen-bond acceptors (Lipinski definition) is 7. The lowest BCUT2D eigenvalue weighted by Gasteiger charge is -2.53. The van der Waals surface area contributed by atoms with E-state index in [1.54, 1.807) is 17.1 Å². The third kappa shape index (κ3) is 5.13. The SMILES string of the molecule is CCNC(=O)Nc1cnn(C2=NC3=C(CCN(C(=O)O)C3)C(N3CCOCC3C)N2C(C)(C)C)c1. The van der Waals surface area contributed by atoms with Gasteiger partial charge >= 0.3 is 12.1 Å². The van der Waals surface area contributed by atoms with Gasteiger partial charge in [0.2, 0.25) is 5.96 Å². The zero-order valence-corrected chi connectivity index (χ0v) is 21.1. The van der Waals surface area contributed by atoms with Crippen LogP contribution in [0, 0.1) is 0 Å². The molecule has 4 heterocycles. The first-order valence-corrected chi connectivity index (χ1v) is 12.1. The van der Waals surface area contributed by atoms with Crippen LogP contribution < -0.4 is 10.6 Å². The minimum absolute atomic E-state index is 0.114. The first-order chi connectivity index (χ1) is 16.6. The maximum Gasteiger partial charge on any atom is 0.407 e. The van der Waals surface area contributed by atoms with E-state index in [0.717, 1.165) is 17.8 Å². The van der Waals surface area contributed by atoms with Gasteiger partial charge in [0.1, 0.15) is 6.17 Å². The number of carbonyl (C=O) groups is 2. The number of carbonyl (C=O) groups excluding carboxylic acids is 1. The topological polar surface area (TPSA) is 128 Å². The molecule has 1 fully saturated rings. The highest BCUT2D eigenvalue weighted by Gasteiger charge is 2.45. The second kappa shape index (κ2) is 9.86. The molecule has 3 aliphatic heterocycles. The fourth-order valence-electron chi connectivity index (χ4n) is 4.86. The molecule has 1 saturated heterocycles. The van der Waals surface area contributed by atoms with Crippen LogP contribution in [0.4, 0.5) is 15.3 Å². The number of amides is 3. The first-order valence-electron chi connectivity index (χ1n) is 12.1. The van der Waals surface area contributed by atoms with E-state index in [-0.39, 0.29) is 30.3 Å². The van der Waals surface area contributed by atoms with Gasteiger partial charge in [-0.25, -0.2) is 19.3 Å². The molecule has 3 aliphatic rings. The predicted octanol–water partition coefficient (Wildman–Crippen LogP) is 2.03. The number of ether oxygens (including phenoxy) is 1. The normalized spacial score (nSPS) is 23.6. The molecule has 4 rings (SSSR count). The van der Waals surface area contributed by atoms with Gasteiger partial charge in [0.15, 0.2) is 0 Å². The van der Waals surface area contributed by atoms with Crippen molar-refractivity contribution in [2.45, 2.75) is 58.8 Å². The second-order valence-corrected chi connectivity index (χ2v) is 10.1. The molecule has 0 radical (unpaired) electrons. The van der Waals surface area contributed by atoms with Gasteiger partial charge in [-0.3, -0.25) is 4.90 Å². The van der Waals surface area contributed by atoms with Crippen molar-refractivity contribution in [2.75, 3.05) is 44.7 Å². The van der Waals surface area contributed by atoms with Crippen LogP contribution in [0.3, 0.4) is 0 Å². The summed E-state index contributed by atoms with van der Waals surface area (Å²) in [6.45, 7) is 13.6. The largest absolute Gasteiger partial charge is 0.465 e. The molecule has 12 heteroatoms. The third-order valence-corrected chi connectivity index (χ3v) is 6.48. The monoisotopic (exact) mass is 488 g/mol. The molecule has 0 bridgehead atoms. The predicted molar refractivity (Wildman–Crippen MR) is 131 cm³/mol. The van der Waals surface area contributed by atoms with E-state index in [0.29, 0.717) is 44.4 Å². The molecule has 35 heavy (non-hydrogen) atoms. The number of aliphatic imine (C=N–C) groups is 1. The fourth-order valence-corrected chi connectivity index (χ4v) is 4.86. The highest BCUT2D eigenvalue weighted by Crippen LogP contribution is 2.37. The van der Waals surface area contributed by atoms with Crippen molar-refractivity contribution in [3.63, 3.8) is 0 Å². The van der Waals surface area contributed by atoms with E-state index in [9.17, 15) is 14.7 Å². The quantitative estimate of drug-likeness (QED) is 0.594. The maximum absolute atomic E-state index is 12.0. The molecule has 1 aromatic heterocycles. The van der Waals surface area contributed by atoms with Crippen LogP contribution in [0.5, 0.6) is 0 Å². The van der Waals surface area contributed by atoms with Crippen molar-refractivity contribution in [2.24, 2.45) is 4.99 Å². The number of anilines is 1. The van der Waals surface area contributed by atoms with Crippen LogP contribution in [0.2, 0.25) is 0 Å². The molecule has 0 aliphatic carbocycles. The lowest BCUT2D eigenvalue weighted by Crippen LogP contribution is -2.66. The number of nitrogens with zero attached hydrogens (tertiary/aromatic N) is 6. The lowest BCUT2D eigenvalue weighted by atomic mass is 9.93. The second-order valence-electron chi connectivity index (χ2n) is 10.1. The van der Waals surface area contributed by atoms with Gasteiger partial charge in [0, 0.05) is 31.2 Å². The van der Waals surface area contributed by atoms with Gasteiger partial charge in [-0.05, 0) is 46.6 Å². The summed E-state index contributed by atoms with van der Waals surface area (Å²) >= 11 is 0. The van der Waals surface area contributed by atoms with Gasteiger partial charge in [-0.1, -0.05) is 0 Å². The van der Waals surface area contributed by atoms with Crippen molar-refractivity contribution in [1.29, 1.82) is 0 Å². The number of nitrogens with one attached hydrogen (secondary N) is 2. The van der Waals surface area contributed by atoms with Crippen LogP contribution in [0.1, 0.15) is 41.0 Å². The Kier molecular flexibility index (Phi) is 7.04. The van der Waals surface area contributed by atoms with Gasteiger partial charge in [-0.15, -0.1) is 0 Å². The summed E-state index contributed by atoms with van der Waals surface area (Å²) in [4.78, 5) is 34.8. The molecule has 12 nitrogen and oxygen atoms in total. The fraction of sp³-hybridized carbons (Fsp3) is 0.652. The first kappa shape index (κ1) is 25.0. The Hall–Kier alpha value is -3.12. The van der Waals surface area contributed by atoms with Gasteiger partial charge in [0.05, 0.1) is 43.5 Å². The van der Waals surface area contributed by atoms with Crippen LogP contribution in [0.15, 0.2) is 28.7 Å². The molecule has 1 aromatic rings. The zero-order valence-electron chi connectivity index (χ0n) is 21.1. The van der Waals surface area contributed by atoms with E-state index < -0.39 is 6.09 Å². The molecule has 192 valence electrons. The minimum Gasteiger partial charge on any atom is -0.465 e. The van der Waals surface area contributed by atoms with Crippen LogP contribution in [-0.4, -0.2) is 105 Å². The van der Waals surface area contributed by atoms with E-state index in [1.165, 1.54) is 4.90 Å². The Morgan fingerprint density at radius 3 is 2.71 bits per heavy atom. The third-order valence-electron chi connectivity index (χ3n) is 6.48. The molecule has 3 amide bonds. The van der Waals surface area contributed by atoms with Crippen molar-refractivity contribution in [1.82, 2.24) is 29.8 Å². The van der Waals surface area contributed by atoms with Crippen molar-refractivity contribution < 1.29 is 19.4 Å². The van der Waals surface area contributed by atoms with E-state index in [2.05, 4.69) is 53.2 Å². The molecular formula is C23H36N8O4. The van der Waals surface area contributed by atoms with Crippen LogP contribution in [-0.2, 0) is 4.74 Å². The molecule has 2 unspecified atom stereocenters. The number of rotatable bonds is 3. The van der Waals surface area contributed by atoms with Gasteiger partial charge in [-0.2, -0.15) is 5.10 Å². The number of hydrogen-bond donors (Lipinski definition) is 3. The Balaban J connectivity index is 1.79. The molecule has 0 aromatic carbocycles. The summed E-state index contributed by atoms with van der Waals surface area (Å²) in [5, 5.41) is 19.6. The zero-order chi connectivity index (χ0) is 25.3. The summed E-state index contributed by atoms with van der Waals surface area (Å²) in [5.41, 5.74) is 2.11. The Morgan fingerprint density at radius 1 is 1.29 bits per heavy atom. The van der Waals surface area contributed by atoms with E-state index >= 15 is 0 Å². The molecule has 0 spiro atoms. The van der Waals surface area contributed by atoms with Crippen molar-refractivity contribution in [3.05, 3.63) is 23.7 Å². The molecule has 2 atom stereocenters. The lowest BCUT2D eigenvalue weighted by molar-refractivity contribution is -0.0571. The average Bonchev–Trinajstić information content (AvgIpc) is 3.25. The number of urea groups is 1. The molecule has 0 saturated carbocycles. The standard InChI is InChI=1S/C23H36N8O4/c1-6-24-20(32)26-16-11-25-30(12-16)21-27-18-13-28(22(33)34)8-7-17(18)19(31(21)23(3,4)5)29-9-10-35-14-15(29)2/h11-12,15,19H,6-10,13-14H2,1-5H3,(H,33,34)(H2,24,26,32). The Bertz CT molecular complexity index is 1030. The Morgan fingerprint density at radius 2 is 2.06 bits per heavy atom. The van der Waals surface area contributed by atoms with E-state index in [4.69, 9.17) is 9.73 Å². The molecule has 3 N–H and O–H groups in total. The number of carboxylic acid groups (broad SMARTS) is 1. The van der Waals surface area contributed by atoms with Crippen LogP contribution >= 0.6 is 0 Å². The van der Waals surface area contributed by atoms with Crippen molar-refractivity contribution >= 4 is 23.8 Å². The minimum atomic E-state index is -0.949. The average molecular weight is 489 g/mol. The smallest absolute Gasteiger partial charge is 0.407 e. The highest BCUT2D eigenvalue weighted by molar-refractivity contribution is 5.90. The summed E-state index contributed by atoms with van der Waals surface area (Å²) < 4.78 is 7.38. The Labute approximate surface area is 205 Å². The molecular weight excluding hydrogens is 452 g/mol. The van der Waals surface area contributed by atoms with Gasteiger partial charge in [0.25, 0.3) is 0 Å². The van der Waals surface area contributed by atoms with E-state index in [1.807, 2.05) is 6.92 Å².